The van der Waals surface area contributed by atoms with Crippen molar-refractivity contribution in [3.8, 4) is 5.75 Å². The molecule has 0 atom stereocenters. The molecule has 1 heterocycles. The van der Waals surface area contributed by atoms with Crippen LogP contribution >= 0.6 is 11.3 Å². The van der Waals surface area contributed by atoms with Gasteiger partial charge in [0.05, 0.1) is 7.11 Å². The lowest BCUT2D eigenvalue weighted by Crippen LogP contribution is -2.34. The monoisotopic (exact) mass is 413 g/mol. The molecule has 1 aromatic heterocycles. The summed E-state index contributed by atoms with van der Waals surface area (Å²) in [6, 6.07) is 6.18. The van der Waals surface area contributed by atoms with E-state index in [0.29, 0.717) is 0 Å². The minimum absolute atomic E-state index is 0.0274. The topological polar surface area (TPSA) is 142 Å². The van der Waals surface area contributed by atoms with E-state index in [-0.39, 0.29) is 22.5 Å². The summed E-state index contributed by atoms with van der Waals surface area (Å²) < 4.78 is 30.2. The molecule has 148 valence electrons. The first-order chi connectivity index (χ1) is 12.6. The average molecular weight is 414 g/mol. The highest BCUT2D eigenvalue weighted by Gasteiger charge is 2.28. The van der Waals surface area contributed by atoms with Gasteiger partial charge in [-0.1, -0.05) is 19.9 Å². The van der Waals surface area contributed by atoms with Gasteiger partial charge in [0.25, 0.3) is 0 Å². The molecule has 0 aliphatic rings. The number of carbonyl (C=O) groups is 2. The van der Waals surface area contributed by atoms with Gasteiger partial charge in [0, 0.05) is 5.41 Å². The fourth-order valence-electron chi connectivity index (χ4n) is 2.34. The Hall–Kier alpha value is -2.59. The predicted molar refractivity (Wildman–Crippen MR) is 104 cm³/mol. The number of nitrogens with two attached hydrogens (primary N) is 2. The molecule has 0 radical (unpaired) electrons. The molecule has 8 nitrogen and oxygen atoms in total. The van der Waals surface area contributed by atoms with Crippen molar-refractivity contribution in [2.45, 2.75) is 24.2 Å². The molecule has 0 fully saturated rings. The van der Waals surface area contributed by atoms with Crippen LogP contribution in [0.1, 0.15) is 25.0 Å². The minimum Gasteiger partial charge on any atom is -0.495 e. The second-order valence-electron chi connectivity index (χ2n) is 5.94. The van der Waals surface area contributed by atoms with Crippen molar-refractivity contribution in [3.63, 3.8) is 0 Å². The van der Waals surface area contributed by atoms with Crippen molar-refractivity contribution in [3.05, 3.63) is 46.2 Å². The van der Waals surface area contributed by atoms with E-state index in [0.717, 1.165) is 11.1 Å². The minimum atomic E-state index is -3.78. The zero-order valence-corrected chi connectivity index (χ0v) is 16.9. The Morgan fingerprint density at radius 2 is 1.93 bits per heavy atom. The summed E-state index contributed by atoms with van der Waals surface area (Å²) in [5, 5.41) is 6.13. The van der Waals surface area contributed by atoms with Gasteiger partial charge in [-0.05, 0) is 40.1 Å². The first-order valence-electron chi connectivity index (χ1n) is 7.72. The van der Waals surface area contributed by atoms with Crippen molar-refractivity contribution >= 4 is 33.6 Å². The van der Waals surface area contributed by atoms with Gasteiger partial charge in [-0.3, -0.25) is 4.79 Å². The van der Waals surface area contributed by atoms with Crippen molar-refractivity contribution in [1.29, 1.82) is 0 Å². The number of sulfone groups is 1. The molecule has 3 amide bonds. The molecule has 2 aromatic rings. The van der Waals surface area contributed by atoms with Gasteiger partial charge in [0.2, 0.25) is 6.41 Å². The third-order valence-electron chi connectivity index (χ3n) is 3.90. The fraction of sp³-hybridized carbons (Fsp3) is 0.294. The number of urea groups is 1. The van der Waals surface area contributed by atoms with Crippen LogP contribution in [0.25, 0.3) is 0 Å². The van der Waals surface area contributed by atoms with E-state index in [1.54, 1.807) is 23.5 Å². The number of nitrogens with one attached hydrogen (secondary N) is 1. The first kappa shape index (κ1) is 22.5. The molecule has 0 aliphatic carbocycles. The van der Waals surface area contributed by atoms with Gasteiger partial charge < -0.3 is 21.5 Å². The van der Waals surface area contributed by atoms with Crippen molar-refractivity contribution in [1.82, 2.24) is 5.32 Å². The van der Waals surface area contributed by atoms with Crippen LogP contribution in [0.5, 0.6) is 5.75 Å². The molecule has 10 heteroatoms. The third-order valence-corrected chi connectivity index (χ3v) is 6.10. The summed E-state index contributed by atoms with van der Waals surface area (Å²) in [5.41, 5.74) is 10.7. The normalized spacial score (nSPS) is 11.1. The predicted octanol–water partition coefficient (Wildman–Crippen LogP) is 1.58. The van der Waals surface area contributed by atoms with Crippen molar-refractivity contribution in [2.24, 2.45) is 11.5 Å². The van der Waals surface area contributed by atoms with Crippen LogP contribution in [0.2, 0.25) is 0 Å². The zero-order valence-electron chi connectivity index (χ0n) is 15.3. The molecule has 0 saturated carbocycles. The third kappa shape index (κ3) is 5.69. The van der Waals surface area contributed by atoms with Crippen LogP contribution < -0.4 is 21.5 Å². The van der Waals surface area contributed by atoms with E-state index in [4.69, 9.17) is 15.3 Å². The summed E-state index contributed by atoms with van der Waals surface area (Å²) >= 11 is 1.59. The molecule has 0 aliphatic heterocycles. The van der Waals surface area contributed by atoms with Gasteiger partial charge in [-0.2, -0.15) is 11.3 Å². The SMILES string of the molecule is COc1ccc(C(C)(C)c2ccsc2)cc1S(=O)(=O)CNC(N)=O.NC=O. The van der Waals surface area contributed by atoms with Gasteiger partial charge in [-0.15, -0.1) is 0 Å². The number of primary amides is 2. The van der Waals surface area contributed by atoms with Gasteiger partial charge >= 0.3 is 6.03 Å². The number of benzene rings is 1. The van der Waals surface area contributed by atoms with Crippen LogP contribution in [-0.2, 0) is 20.0 Å². The Balaban J connectivity index is 0.00000114. The Kier molecular flexibility index (Phi) is 7.80. The van der Waals surface area contributed by atoms with E-state index in [9.17, 15) is 13.2 Å². The standard InChI is InChI=1S/C16H20N2O4S2.CH3NO/c1-16(2,12-6-7-23-9-12)11-4-5-13(22-3)14(8-11)24(20,21)10-18-15(17)19;2-1-3/h4-9H,10H2,1-3H3,(H3,17,18,19);1H,(H2,2,3). The maximum atomic E-state index is 12.5. The molecule has 2 rings (SSSR count). The van der Waals surface area contributed by atoms with Crippen molar-refractivity contribution in [2.75, 3.05) is 13.0 Å². The van der Waals surface area contributed by atoms with Crippen molar-refractivity contribution < 1.29 is 22.7 Å². The fourth-order valence-corrected chi connectivity index (χ4v) is 4.41. The number of thiophene rings is 1. The summed E-state index contributed by atoms with van der Waals surface area (Å²) in [6.07, 6.45) is 0.250. The van der Waals surface area contributed by atoms with E-state index >= 15 is 0 Å². The lowest BCUT2D eigenvalue weighted by atomic mass is 9.79. The zero-order chi connectivity index (χ0) is 20.7. The highest BCUT2D eigenvalue weighted by molar-refractivity contribution is 7.91. The molecule has 0 saturated heterocycles. The molecule has 27 heavy (non-hydrogen) atoms. The number of methoxy groups -OCH3 is 1. The van der Waals surface area contributed by atoms with E-state index in [1.165, 1.54) is 7.11 Å². The number of rotatable bonds is 6. The van der Waals surface area contributed by atoms with Crippen LogP contribution in [0, 0.1) is 0 Å². The number of hydrogen-bond acceptors (Lipinski definition) is 6. The highest BCUT2D eigenvalue weighted by atomic mass is 32.2. The average Bonchev–Trinajstić information content (AvgIpc) is 3.15. The Morgan fingerprint density at radius 1 is 1.30 bits per heavy atom. The molecule has 5 N–H and O–H groups in total. The van der Waals surface area contributed by atoms with E-state index in [1.807, 2.05) is 36.7 Å². The van der Waals surface area contributed by atoms with Crippen LogP contribution in [-0.4, -0.2) is 33.8 Å². The quantitative estimate of drug-likeness (QED) is 0.617. The lowest BCUT2D eigenvalue weighted by molar-refractivity contribution is -0.106. The summed E-state index contributed by atoms with van der Waals surface area (Å²) in [5.74, 6) is -0.354. The maximum Gasteiger partial charge on any atom is 0.313 e. The summed E-state index contributed by atoms with van der Waals surface area (Å²) in [6.45, 7) is 4.05. The Labute approximate surface area is 162 Å². The molecule has 1 aromatic carbocycles. The molecule has 0 spiro atoms. The summed E-state index contributed by atoms with van der Waals surface area (Å²) in [4.78, 5) is 19.4. The smallest absolute Gasteiger partial charge is 0.313 e. The Morgan fingerprint density at radius 3 is 2.41 bits per heavy atom. The van der Waals surface area contributed by atoms with Crippen LogP contribution in [0.3, 0.4) is 0 Å². The largest absolute Gasteiger partial charge is 0.495 e. The summed E-state index contributed by atoms with van der Waals surface area (Å²) in [7, 11) is -2.38. The van der Waals surface area contributed by atoms with Gasteiger partial charge in [0.1, 0.15) is 16.5 Å². The number of hydrogen-bond donors (Lipinski definition) is 3. The Bertz CT molecular complexity index is 878. The maximum absolute atomic E-state index is 12.5. The second kappa shape index (κ2) is 9.38. The highest BCUT2D eigenvalue weighted by Crippen LogP contribution is 2.36. The molecular weight excluding hydrogens is 390 g/mol. The number of ether oxygens (including phenoxy) is 1. The lowest BCUT2D eigenvalue weighted by Gasteiger charge is -2.25. The van der Waals surface area contributed by atoms with E-state index in [2.05, 4.69) is 11.1 Å². The van der Waals surface area contributed by atoms with E-state index < -0.39 is 21.7 Å². The molecular formula is C17H23N3O5S2. The molecule has 0 bridgehead atoms. The van der Waals surface area contributed by atoms with Crippen LogP contribution in [0.4, 0.5) is 4.79 Å². The van der Waals surface area contributed by atoms with Gasteiger partial charge in [-0.25, -0.2) is 13.2 Å². The second-order valence-corrected chi connectivity index (χ2v) is 8.68. The number of amides is 3. The van der Waals surface area contributed by atoms with Crippen LogP contribution in [0.15, 0.2) is 39.9 Å². The first-order valence-corrected chi connectivity index (χ1v) is 10.3. The van der Waals surface area contributed by atoms with Gasteiger partial charge in [0.15, 0.2) is 9.84 Å². The molecule has 0 unspecified atom stereocenters. The number of carbonyl (C=O) groups excluding carboxylic acids is 2.